The van der Waals surface area contributed by atoms with Crippen LogP contribution in [0.5, 0.6) is 0 Å². The van der Waals surface area contributed by atoms with Crippen LogP contribution in [0.25, 0.3) is 0 Å². The molecule has 0 unspecified atom stereocenters. The molecule has 1 fully saturated rings. The number of nitrogens with one attached hydrogen (secondary N) is 1. The summed E-state index contributed by atoms with van der Waals surface area (Å²) < 4.78 is 20.3. The molecule has 1 aromatic heterocycles. The van der Waals surface area contributed by atoms with E-state index in [1.807, 2.05) is 12.1 Å². The van der Waals surface area contributed by atoms with Crippen LogP contribution in [0.3, 0.4) is 0 Å². The monoisotopic (exact) mass is 344 g/mol. The Bertz CT molecular complexity index is 613. The molecule has 0 radical (unpaired) electrons. The average Bonchev–Trinajstić information content (AvgIpc) is 3.02. The number of hydrogen-bond acceptors (Lipinski definition) is 3. The van der Waals surface area contributed by atoms with Gasteiger partial charge in [-0.15, -0.1) is 12.4 Å². The van der Waals surface area contributed by atoms with Crippen LogP contribution in [0, 0.1) is 12.7 Å². The number of aryl methyl sites for hydroxylation is 1. The third-order valence-electron chi connectivity index (χ3n) is 3.92. The zero-order valence-electron chi connectivity index (χ0n) is 12.3. The maximum absolute atomic E-state index is 14.7. The molecule has 120 valence electrons. The molecule has 3 nitrogen and oxygen atoms in total. The van der Waals surface area contributed by atoms with Crippen molar-refractivity contribution in [3.05, 3.63) is 58.3 Å². The highest BCUT2D eigenvalue weighted by atomic mass is 35.5. The highest BCUT2D eigenvalue weighted by Gasteiger charge is 2.30. The molecule has 0 bridgehead atoms. The van der Waals surface area contributed by atoms with E-state index >= 15 is 0 Å². The summed E-state index contributed by atoms with van der Waals surface area (Å²) in [6.07, 6.45) is 1.62. The number of halogens is 3. The first-order valence-corrected chi connectivity index (χ1v) is 7.49. The second-order valence-electron chi connectivity index (χ2n) is 5.30. The standard InChI is InChI=1S/C16H18ClFN2O.ClH/c1-11-4-5-12(17)14(15(11)18)16(13-3-2-10-21-13)20-8-6-19-7-9-20;/h2-5,10,16,19H,6-9H2,1H3;1H/t16-;/m0./s1. The number of furan rings is 1. The first-order valence-electron chi connectivity index (χ1n) is 7.11. The van der Waals surface area contributed by atoms with E-state index in [1.165, 1.54) is 0 Å². The van der Waals surface area contributed by atoms with Gasteiger partial charge >= 0.3 is 0 Å². The lowest BCUT2D eigenvalue weighted by atomic mass is 9.99. The Labute approximate surface area is 140 Å². The Hall–Kier alpha value is -1.07. The van der Waals surface area contributed by atoms with Crippen LogP contribution in [0.4, 0.5) is 4.39 Å². The first kappa shape index (κ1) is 17.3. The summed E-state index contributed by atoms with van der Waals surface area (Å²) in [5.74, 6) is 0.478. The van der Waals surface area contributed by atoms with Gasteiger partial charge in [0.15, 0.2) is 0 Å². The lowest BCUT2D eigenvalue weighted by Crippen LogP contribution is -2.45. The summed E-state index contributed by atoms with van der Waals surface area (Å²) in [6.45, 7) is 5.17. The number of piperazine rings is 1. The lowest BCUT2D eigenvalue weighted by molar-refractivity contribution is 0.177. The highest BCUT2D eigenvalue weighted by Crippen LogP contribution is 2.36. The van der Waals surface area contributed by atoms with E-state index in [-0.39, 0.29) is 24.3 Å². The molecule has 1 N–H and O–H groups in total. The molecule has 1 saturated heterocycles. The number of benzene rings is 1. The predicted molar refractivity (Wildman–Crippen MR) is 88.4 cm³/mol. The van der Waals surface area contributed by atoms with Crippen LogP contribution < -0.4 is 5.32 Å². The Kier molecular flexibility index (Phi) is 5.87. The maximum atomic E-state index is 14.7. The van der Waals surface area contributed by atoms with Crippen LogP contribution in [0.1, 0.15) is 22.9 Å². The number of hydrogen-bond donors (Lipinski definition) is 1. The zero-order valence-corrected chi connectivity index (χ0v) is 13.9. The normalized spacial score (nSPS) is 17.0. The second kappa shape index (κ2) is 7.47. The van der Waals surface area contributed by atoms with Crippen molar-refractivity contribution in [1.29, 1.82) is 0 Å². The zero-order chi connectivity index (χ0) is 14.8. The quantitative estimate of drug-likeness (QED) is 0.917. The SMILES string of the molecule is Cc1ccc(Cl)c([C@H](c2ccco2)N2CCNCC2)c1F.Cl. The average molecular weight is 345 g/mol. The smallest absolute Gasteiger partial charge is 0.132 e. The largest absolute Gasteiger partial charge is 0.467 e. The summed E-state index contributed by atoms with van der Waals surface area (Å²) in [6, 6.07) is 6.89. The molecule has 22 heavy (non-hydrogen) atoms. The second-order valence-corrected chi connectivity index (χ2v) is 5.70. The van der Waals surface area contributed by atoms with Crippen LogP contribution in [0.15, 0.2) is 34.9 Å². The molecule has 0 amide bonds. The number of nitrogens with zero attached hydrogens (tertiary/aromatic N) is 1. The van der Waals surface area contributed by atoms with E-state index in [2.05, 4.69) is 10.2 Å². The molecule has 0 saturated carbocycles. The molecule has 0 spiro atoms. The van der Waals surface area contributed by atoms with E-state index in [0.717, 1.165) is 31.9 Å². The topological polar surface area (TPSA) is 28.4 Å². The molecule has 1 atom stereocenters. The van der Waals surface area contributed by atoms with Gasteiger partial charge in [-0.25, -0.2) is 4.39 Å². The Morgan fingerprint density at radius 2 is 2.00 bits per heavy atom. The molecule has 1 aromatic carbocycles. The van der Waals surface area contributed by atoms with Gasteiger partial charge in [0.2, 0.25) is 0 Å². The number of rotatable bonds is 3. The lowest BCUT2D eigenvalue weighted by Gasteiger charge is -2.34. The van der Waals surface area contributed by atoms with Gasteiger partial charge in [0.05, 0.1) is 12.3 Å². The first-order chi connectivity index (χ1) is 10.2. The van der Waals surface area contributed by atoms with Crippen molar-refractivity contribution in [3.63, 3.8) is 0 Å². The minimum atomic E-state index is -0.283. The molecule has 2 aromatic rings. The fourth-order valence-electron chi connectivity index (χ4n) is 2.82. The van der Waals surface area contributed by atoms with Crippen LogP contribution in [-0.4, -0.2) is 31.1 Å². The van der Waals surface area contributed by atoms with Crippen molar-refractivity contribution >= 4 is 24.0 Å². The fraction of sp³-hybridized carbons (Fsp3) is 0.375. The molecular weight excluding hydrogens is 326 g/mol. The van der Waals surface area contributed by atoms with Crippen molar-refractivity contribution in [2.24, 2.45) is 0 Å². The van der Waals surface area contributed by atoms with Crippen molar-refractivity contribution in [2.75, 3.05) is 26.2 Å². The maximum Gasteiger partial charge on any atom is 0.132 e. The van der Waals surface area contributed by atoms with Gasteiger partial charge in [0, 0.05) is 36.8 Å². The van der Waals surface area contributed by atoms with Gasteiger partial charge in [-0.1, -0.05) is 17.7 Å². The van der Waals surface area contributed by atoms with Crippen LogP contribution >= 0.6 is 24.0 Å². The third-order valence-corrected chi connectivity index (χ3v) is 4.25. The Balaban J connectivity index is 0.00000176. The van der Waals surface area contributed by atoms with E-state index in [9.17, 15) is 4.39 Å². The molecular formula is C16H19Cl2FN2O. The summed E-state index contributed by atoms with van der Waals surface area (Å²) in [7, 11) is 0. The Morgan fingerprint density at radius 3 is 2.64 bits per heavy atom. The minimum Gasteiger partial charge on any atom is -0.467 e. The predicted octanol–water partition coefficient (Wildman–Crippen LogP) is 3.80. The summed E-state index contributed by atoms with van der Waals surface area (Å²) >= 11 is 6.31. The molecule has 0 aliphatic carbocycles. The Morgan fingerprint density at radius 1 is 1.27 bits per heavy atom. The van der Waals surface area contributed by atoms with E-state index in [0.29, 0.717) is 16.1 Å². The molecule has 1 aliphatic heterocycles. The molecule has 6 heteroatoms. The van der Waals surface area contributed by atoms with Gasteiger partial charge in [0.1, 0.15) is 11.6 Å². The van der Waals surface area contributed by atoms with E-state index in [4.69, 9.17) is 16.0 Å². The summed E-state index contributed by atoms with van der Waals surface area (Å²) in [4.78, 5) is 2.21. The van der Waals surface area contributed by atoms with Crippen molar-refractivity contribution in [3.8, 4) is 0 Å². The molecule has 3 rings (SSSR count). The minimum absolute atomic E-state index is 0. The van der Waals surface area contributed by atoms with Crippen molar-refractivity contribution < 1.29 is 8.81 Å². The van der Waals surface area contributed by atoms with Crippen LogP contribution in [0.2, 0.25) is 5.02 Å². The van der Waals surface area contributed by atoms with Crippen molar-refractivity contribution in [2.45, 2.75) is 13.0 Å². The third kappa shape index (κ3) is 3.30. The fourth-order valence-corrected chi connectivity index (χ4v) is 3.07. The van der Waals surface area contributed by atoms with Gasteiger partial charge < -0.3 is 9.73 Å². The van der Waals surface area contributed by atoms with Gasteiger partial charge in [0.25, 0.3) is 0 Å². The van der Waals surface area contributed by atoms with Gasteiger partial charge in [-0.05, 0) is 30.7 Å². The summed E-state index contributed by atoms with van der Waals surface area (Å²) in [5.41, 5.74) is 1.11. The van der Waals surface area contributed by atoms with Crippen molar-refractivity contribution in [1.82, 2.24) is 10.2 Å². The highest BCUT2D eigenvalue weighted by molar-refractivity contribution is 6.31. The molecule has 1 aliphatic rings. The molecule has 2 heterocycles. The van der Waals surface area contributed by atoms with Gasteiger partial charge in [-0.3, -0.25) is 4.90 Å². The van der Waals surface area contributed by atoms with Gasteiger partial charge in [-0.2, -0.15) is 0 Å². The van der Waals surface area contributed by atoms with Crippen LogP contribution in [-0.2, 0) is 0 Å². The van der Waals surface area contributed by atoms with E-state index in [1.54, 1.807) is 25.3 Å². The van der Waals surface area contributed by atoms with E-state index < -0.39 is 0 Å². The summed E-state index contributed by atoms with van der Waals surface area (Å²) in [5, 5.41) is 3.75.